The molecule has 1 amide bonds. The Morgan fingerprint density at radius 1 is 1.30 bits per heavy atom. The van der Waals surface area contributed by atoms with Gasteiger partial charge in [0.25, 0.3) is 0 Å². The van der Waals surface area contributed by atoms with Crippen LogP contribution in [-0.4, -0.2) is 28.3 Å². The third-order valence-corrected chi connectivity index (χ3v) is 4.49. The van der Waals surface area contributed by atoms with E-state index in [-0.39, 0.29) is 17.5 Å². The molecule has 6 heteroatoms. The van der Waals surface area contributed by atoms with Gasteiger partial charge in [-0.1, -0.05) is 25.0 Å². The molecule has 2 rings (SSSR count). The molecule has 1 aromatic rings. The van der Waals surface area contributed by atoms with E-state index in [2.05, 4.69) is 5.32 Å². The van der Waals surface area contributed by atoms with Gasteiger partial charge in [-0.2, -0.15) is 0 Å². The Bertz CT molecular complexity index is 515. The SMILES string of the molecule is O=C(CSc1ccccc1F)NC1(C(=O)O)CCCC1. The van der Waals surface area contributed by atoms with E-state index in [1.54, 1.807) is 18.2 Å². The van der Waals surface area contributed by atoms with Gasteiger partial charge in [-0.3, -0.25) is 4.79 Å². The highest BCUT2D eigenvalue weighted by atomic mass is 32.2. The molecule has 0 radical (unpaired) electrons. The zero-order valence-electron chi connectivity index (χ0n) is 10.9. The summed E-state index contributed by atoms with van der Waals surface area (Å²) < 4.78 is 13.4. The Morgan fingerprint density at radius 3 is 2.55 bits per heavy atom. The number of rotatable bonds is 5. The maximum Gasteiger partial charge on any atom is 0.329 e. The topological polar surface area (TPSA) is 66.4 Å². The molecule has 1 aliphatic carbocycles. The fourth-order valence-electron chi connectivity index (χ4n) is 2.38. The monoisotopic (exact) mass is 297 g/mol. The molecule has 1 fully saturated rings. The van der Waals surface area contributed by atoms with Crippen LogP contribution in [0, 0.1) is 5.82 Å². The minimum Gasteiger partial charge on any atom is -0.480 e. The van der Waals surface area contributed by atoms with Crippen molar-refractivity contribution in [1.82, 2.24) is 5.32 Å². The molecule has 0 bridgehead atoms. The summed E-state index contributed by atoms with van der Waals surface area (Å²) in [5.41, 5.74) is -1.13. The number of carbonyl (C=O) groups excluding carboxylic acids is 1. The molecule has 1 saturated carbocycles. The van der Waals surface area contributed by atoms with Crippen LogP contribution in [-0.2, 0) is 9.59 Å². The second-order valence-corrected chi connectivity index (χ2v) is 5.88. The van der Waals surface area contributed by atoms with Gasteiger partial charge in [0.1, 0.15) is 11.4 Å². The fraction of sp³-hybridized carbons (Fsp3) is 0.429. The first-order chi connectivity index (χ1) is 9.53. The summed E-state index contributed by atoms with van der Waals surface area (Å²) in [5.74, 6) is -1.73. The molecular formula is C14H16FNO3S. The number of nitrogens with one attached hydrogen (secondary N) is 1. The smallest absolute Gasteiger partial charge is 0.329 e. The highest BCUT2D eigenvalue weighted by molar-refractivity contribution is 8.00. The predicted octanol–water partition coefficient (Wildman–Crippen LogP) is 2.43. The van der Waals surface area contributed by atoms with E-state index >= 15 is 0 Å². The molecule has 1 aromatic carbocycles. The van der Waals surface area contributed by atoms with Gasteiger partial charge in [0.05, 0.1) is 5.75 Å². The lowest BCUT2D eigenvalue weighted by molar-refractivity contribution is -0.147. The molecule has 0 unspecified atom stereocenters. The van der Waals surface area contributed by atoms with Gasteiger partial charge in [-0.15, -0.1) is 11.8 Å². The van der Waals surface area contributed by atoms with Crippen LogP contribution in [0.4, 0.5) is 4.39 Å². The summed E-state index contributed by atoms with van der Waals surface area (Å²) in [6.45, 7) is 0. The zero-order valence-corrected chi connectivity index (χ0v) is 11.7. The molecule has 20 heavy (non-hydrogen) atoms. The van der Waals surface area contributed by atoms with Crippen molar-refractivity contribution in [2.24, 2.45) is 0 Å². The van der Waals surface area contributed by atoms with Crippen molar-refractivity contribution in [3.8, 4) is 0 Å². The first kappa shape index (κ1) is 14.8. The van der Waals surface area contributed by atoms with Crippen molar-refractivity contribution in [2.75, 3.05) is 5.75 Å². The van der Waals surface area contributed by atoms with E-state index < -0.39 is 11.5 Å². The second kappa shape index (κ2) is 6.26. The molecule has 0 saturated heterocycles. The Labute approximate surface area is 120 Å². The number of hydrogen-bond donors (Lipinski definition) is 2. The molecule has 0 aliphatic heterocycles. The van der Waals surface area contributed by atoms with Gasteiger partial charge >= 0.3 is 5.97 Å². The molecule has 2 N–H and O–H groups in total. The van der Waals surface area contributed by atoms with Crippen LogP contribution in [0.25, 0.3) is 0 Å². The highest BCUT2D eigenvalue weighted by Gasteiger charge is 2.42. The fourth-order valence-corrected chi connectivity index (χ4v) is 3.12. The molecule has 1 aliphatic rings. The second-order valence-electron chi connectivity index (χ2n) is 4.86. The summed E-state index contributed by atoms with van der Waals surface area (Å²) in [4.78, 5) is 23.6. The van der Waals surface area contributed by atoms with E-state index in [1.165, 1.54) is 6.07 Å². The first-order valence-electron chi connectivity index (χ1n) is 6.45. The van der Waals surface area contributed by atoms with Crippen LogP contribution in [0.15, 0.2) is 29.2 Å². The van der Waals surface area contributed by atoms with Gasteiger partial charge in [0.2, 0.25) is 5.91 Å². The summed E-state index contributed by atoms with van der Waals surface area (Å²) in [5, 5.41) is 11.9. The molecule has 4 nitrogen and oxygen atoms in total. The Balaban J connectivity index is 1.92. The standard InChI is InChI=1S/C14H16FNO3S/c15-10-5-1-2-6-11(10)20-9-12(17)16-14(13(18)19)7-3-4-8-14/h1-2,5-6H,3-4,7-9H2,(H,16,17)(H,18,19). The van der Waals surface area contributed by atoms with E-state index in [9.17, 15) is 19.1 Å². The number of thioether (sulfide) groups is 1. The van der Waals surface area contributed by atoms with Crippen molar-refractivity contribution in [1.29, 1.82) is 0 Å². The summed E-state index contributed by atoms with van der Waals surface area (Å²) in [7, 11) is 0. The number of hydrogen-bond acceptors (Lipinski definition) is 3. The number of carboxylic acid groups (broad SMARTS) is 1. The van der Waals surface area contributed by atoms with E-state index in [4.69, 9.17) is 0 Å². The molecular weight excluding hydrogens is 281 g/mol. The minimum atomic E-state index is -1.13. The molecule has 108 valence electrons. The van der Waals surface area contributed by atoms with Gasteiger partial charge in [-0.05, 0) is 25.0 Å². The third-order valence-electron chi connectivity index (χ3n) is 3.44. The van der Waals surface area contributed by atoms with Crippen molar-refractivity contribution >= 4 is 23.6 Å². The van der Waals surface area contributed by atoms with Gasteiger partial charge in [-0.25, -0.2) is 9.18 Å². The zero-order chi connectivity index (χ0) is 14.6. The Kier molecular flexibility index (Phi) is 4.65. The predicted molar refractivity (Wildman–Crippen MR) is 74.1 cm³/mol. The van der Waals surface area contributed by atoms with E-state index in [0.29, 0.717) is 17.7 Å². The van der Waals surface area contributed by atoms with Crippen LogP contribution in [0.3, 0.4) is 0 Å². The lowest BCUT2D eigenvalue weighted by atomic mass is 9.98. The van der Waals surface area contributed by atoms with E-state index in [1.807, 2.05) is 0 Å². The summed E-state index contributed by atoms with van der Waals surface area (Å²) in [6, 6.07) is 6.20. The number of halogens is 1. The number of benzene rings is 1. The maximum absolute atomic E-state index is 13.4. The van der Waals surface area contributed by atoms with Crippen LogP contribution >= 0.6 is 11.8 Å². The Morgan fingerprint density at radius 2 is 1.95 bits per heavy atom. The highest BCUT2D eigenvalue weighted by Crippen LogP contribution is 2.30. The summed E-state index contributed by atoms with van der Waals surface area (Å²) >= 11 is 1.07. The largest absolute Gasteiger partial charge is 0.480 e. The number of aliphatic carboxylic acids is 1. The van der Waals surface area contributed by atoms with Crippen LogP contribution in [0.5, 0.6) is 0 Å². The van der Waals surface area contributed by atoms with Crippen molar-refractivity contribution in [2.45, 2.75) is 36.1 Å². The number of carboxylic acids is 1. The molecule has 0 heterocycles. The quantitative estimate of drug-likeness (QED) is 0.819. The number of amides is 1. The summed E-state index contributed by atoms with van der Waals surface area (Å²) in [6.07, 6.45) is 2.51. The van der Waals surface area contributed by atoms with Gasteiger partial charge in [0.15, 0.2) is 0 Å². The molecule has 0 atom stereocenters. The minimum absolute atomic E-state index is 0.00988. The molecule has 0 spiro atoms. The Hall–Kier alpha value is -1.56. The van der Waals surface area contributed by atoms with Gasteiger partial charge in [0, 0.05) is 4.90 Å². The third kappa shape index (κ3) is 3.30. The van der Waals surface area contributed by atoms with Crippen LogP contribution in [0.1, 0.15) is 25.7 Å². The van der Waals surface area contributed by atoms with Crippen molar-refractivity contribution in [3.05, 3.63) is 30.1 Å². The maximum atomic E-state index is 13.4. The number of carbonyl (C=O) groups is 2. The lowest BCUT2D eigenvalue weighted by Crippen LogP contribution is -2.53. The first-order valence-corrected chi connectivity index (χ1v) is 7.44. The van der Waals surface area contributed by atoms with E-state index in [0.717, 1.165) is 24.6 Å². The van der Waals surface area contributed by atoms with Crippen LogP contribution < -0.4 is 5.32 Å². The van der Waals surface area contributed by atoms with Crippen molar-refractivity contribution in [3.63, 3.8) is 0 Å². The van der Waals surface area contributed by atoms with Crippen LogP contribution in [0.2, 0.25) is 0 Å². The average Bonchev–Trinajstić information content (AvgIpc) is 2.88. The van der Waals surface area contributed by atoms with Crippen molar-refractivity contribution < 1.29 is 19.1 Å². The molecule has 0 aromatic heterocycles. The lowest BCUT2D eigenvalue weighted by Gasteiger charge is -2.25. The van der Waals surface area contributed by atoms with Gasteiger partial charge < -0.3 is 10.4 Å². The normalized spacial score (nSPS) is 16.9. The average molecular weight is 297 g/mol.